The van der Waals surface area contributed by atoms with Gasteiger partial charge in [-0.3, -0.25) is 4.79 Å². The van der Waals surface area contributed by atoms with Crippen molar-refractivity contribution in [2.24, 2.45) is 0 Å². The van der Waals surface area contributed by atoms with Crippen LogP contribution in [0.4, 0.5) is 0 Å². The number of ether oxygens (including phenoxy) is 1. The minimum Gasteiger partial charge on any atom is -0.372 e. The molecule has 0 aromatic carbocycles. The lowest BCUT2D eigenvalue weighted by molar-refractivity contribution is -0.125. The largest absolute Gasteiger partial charge is 0.372 e. The Hall–Kier alpha value is -0.320. The molecule has 5 heteroatoms. The number of hydrogen-bond donors (Lipinski definition) is 2. The normalized spacial score (nSPS) is 9.47. The van der Waals surface area contributed by atoms with Gasteiger partial charge in [-0.25, -0.2) is 0 Å². The van der Waals surface area contributed by atoms with E-state index in [-0.39, 0.29) is 24.9 Å². The molecule has 0 radical (unpaired) electrons. The Bertz CT molecular complexity index is 131. The zero-order chi connectivity index (χ0) is 10.6. The number of nitrogens with one attached hydrogen (secondary N) is 2. The van der Waals surface area contributed by atoms with Gasteiger partial charge in [-0.2, -0.15) is 0 Å². The molecule has 0 spiro atoms. The number of rotatable bonds is 9. The Morgan fingerprint density at radius 2 is 2.00 bits per heavy atom. The highest BCUT2D eigenvalue weighted by Crippen LogP contribution is 1.86. The molecule has 0 fully saturated rings. The predicted octanol–water partition coefficient (Wildman–Crippen LogP) is 0.951. The number of carbonyl (C=O) groups excluding carboxylic acids is 1. The molecule has 0 aliphatic rings. The van der Waals surface area contributed by atoms with Gasteiger partial charge in [0.15, 0.2) is 0 Å². The van der Waals surface area contributed by atoms with Crippen LogP contribution in [0.1, 0.15) is 26.7 Å². The van der Waals surface area contributed by atoms with E-state index in [0.29, 0.717) is 13.2 Å². The van der Waals surface area contributed by atoms with E-state index in [0.717, 1.165) is 25.9 Å². The lowest BCUT2D eigenvalue weighted by Gasteiger charge is -2.05. The monoisotopic (exact) mass is 238 g/mol. The minimum atomic E-state index is -0.0287. The van der Waals surface area contributed by atoms with Crippen LogP contribution < -0.4 is 10.6 Å². The van der Waals surface area contributed by atoms with E-state index in [9.17, 15) is 4.79 Å². The summed E-state index contributed by atoms with van der Waals surface area (Å²) in [6, 6.07) is 0. The molecule has 1 amide bonds. The molecular weight excluding hydrogens is 216 g/mol. The first-order chi connectivity index (χ1) is 6.81. The topological polar surface area (TPSA) is 50.4 Å². The highest BCUT2D eigenvalue weighted by Gasteiger charge is 1.98. The molecule has 15 heavy (non-hydrogen) atoms. The van der Waals surface area contributed by atoms with Gasteiger partial charge in [0.25, 0.3) is 0 Å². The maximum Gasteiger partial charge on any atom is 0.246 e. The third kappa shape index (κ3) is 13.7. The molecule has 0 aromatic rings. The van der Waals surface area contributed by atoms with Crippen LogP contribution in [0.3, 0.4) is 0 Å². The van der Waals surface area contributed by atoms with E-state index < -0.39 is 0 Å². The summed E-state index contributed by atoms with van der Waals surface area (Å²) >= 11 is 0. The Morgan fingerprint density at radius 1 is 1.27 bits per heavy atom. The molecule has 0 saturated carbocycles. The number of halogens is 1. The first kappa shape index (κ1) is 17.1. The van der Waals surface area contributed by atoms with E-state index in [4.69, 9.17) is 4.74 Å². The van der Waals surface area contributed by atoms with Crippen molar-refractivity contribution >= 4 is 18.3 Å². The van der Waals surface area contributed by atoms with E-state index in [1.165, 1.54) is 0 Å². The molecule has 0 bridgehead atoms. The Labute approximate surface area is 98.6 Å². The van der Waals surface area contributed by atoms with Gasteiger partial charge in [-0.05, 0) is 13.0 Å². The van der Waals surface area contributed by atoms with E-state index in [1.54, 1.807) is 0 Å². The zero-order valence-corrected chi connectivity index (χ0v) is 10.5. The van der Waals surface area contributed by atoms with Crippen molar-refractivity contribution in [2.45, 2.75) is 26.7 Å². The number of amides is 1. The molecule has 0 aliphatic heterocycles. The second kappa shape index (κ2) is 13.7. The van der Waals surface area contributed by atoms with E-state index in [2.05, 4.69) is 17.6 Å². The van der Waals surface area contributed by atoms with Crippen LogP contribution in [0.5, 0.6) is 0 Å². The summed E-state index contributed by atoms with van der Waals surface area (Å²) in [7, 11) is 0. The van der Waals surface area contributed by atoms with Crippen LogP contribution in [-0.4, -0.2) is 38.8 Å². The molecule has 2 N–H and O–H groups in total. The third-order valence-electron chi connectivity index (χ3n) is 1.75. The lowest BCUT2D eigenvalue weighted by atomic mass is 10.4. The van der Waals surface area contributed by atoms with Gasteiger partial charge in [-0.15, -0.1) is 12.4 Å². The molecule has 92 valence electrons. The molecule has 0 unspecified atom stereocenters. The van der Waals surface area contributed by atoms with Gasteiger partial charge < -0.3 is 15.4 Å². The van der Waals surface area contributed by atoms with Crippen LogP contribution in [0.25, 0.3) is 0 Å². The zero-order valence-electron chi connectivity index (χ0n) is 9.67. The second-order valence-electron chi connectivity index (χ2n) is 3.11. The van der Waals surface area contributed by atoms with Gasteiger partial charge in [0.1, 0.15) is 6.61 Å². The van der Waals surface area contributed by atoms with Gasteiger partial charge in [0, 0.05) is 19.7 Å². The maximum absolute atomic E-state index is 11.1. The molecule has 0 heterocycles. The Balaban J connectivity index is 0. The fraction of sp³-hybridized carbons (Fsp3) is 0.900. The summed E-state index contributed by atoms with van der Waals surface area (Å²) in [6.45, 7) is 7.42. The highest BCUT2D eigenvalue weighted by atomic mass is 35.5. The van der Waals surface area contributed by atoms with Gasteiger partial charge in [0.05, 0.1) is 0 Å². The predicted molar refractivity (Wildman–Crippen MR) is 64.5 cm³/mol. The fourth-order valence-corrected chi connectivity index (χ4v) is 0.929. The van der Waals surface area contributed by atoms with Crippen LogP contribution in [0, 0.1) is 0 Å². The molecule has 0 saturated heterocycles. The third-order valence-corrected chi connectivity index (χ3v) is 1.75. The molecule has 0 atom stereocenters. The number of unbranched alkanes of at least 4 members (excludes halogenated alkanes) is 1. The summed E-state index contributed by atoms with van der Waals surface area (Å²) in [5.74, 6) is -0.0287. The smallest absolute Gasteiger partial charge is 0.246 e. The molecule has 0 rings (SSSR count). The Morgan fingerprint density at radius 3 is 2.60 bits per heavy atom. The average molecular weight is 239 g/mol. The lowest BCUT2D eigenvalue weighted by Crippen LogP contribution is -2.34. The van der Waals surface area contributed by atoms with E-state index >= 15 is 0 Å². The van der Waals surface area contributed by atoms with Crippen molar-refractivity contribution in [1.82, 2.24) is 10.6 Å². The van der Waals surface area contributed by atoms with Crippen molar-refractivity contribution in [3.8, 4) is 0 Å². The van der Waals surface area contributed by atoms with Crippen molar-refractivity contribution < 1.29 is 9.53 Å². The van der Waals surface area contributed by atoms with Crippen molar-refractivity contribution in [3.63, 3.8) is 0 Å². The Kier molecular flexibility index (Phi) is 15.6. The maximum atomic E-state index is 11.1. The summed E-state index contributed by atoms with van der Waals surface area (Å²) in [6.07, 6.45) is 2.12. The van der Waals surface area contributed by atoms with Gasteiger partial charge in [-0.1, -0.05) is 20.3 Å². The number of likely N-dealkylation sites (N-methyl/N-ethyl adjacent to an activating group) is 1. The van der Waals surface area contributed by atoms with Crippen molar-refractivity contribution in [1.29, 1.82) is 0 Å². The first-order valence-corrected chi connectivity index (χ1v) is 5.36. The van der Waals surface area contributed by atoms with Crippen LogP contribution in [0.15, 0.2) is 0 Å². The first-order valence-electron chi connectivity index (χ1n) is 5.36. The van der Waals surface area contributed by atoms with Crippen molar-refractivity contribution in [3.05, 3.63) is 0 Å². The second-order valence-corrected chi connectivity index (χ2v) is 3.11. The fourth-order valence-electron chi connectivity index (χ4n) is 0.929. The quantitative estimate of drug-likeness (QED) is 0.588. The summed E-state index contributed by atoms with van der Waals surface area (Å²) in [5.41, 5.74) is 0. The molecule has 0 aromatic heterocycles. The van der Waals surface area contributed by atoms with Crippen LogP contribution in [0.2, 0.25) is 0 Å². The van der Waals surface area contributed by atoms with Crippen molar-refractivity contribution in [2.75, 3.05) is 32.8 Å². The summed E-state index contributed by atoms with van der Waals surface area (Å²) in [5, 5.41) is 5.89. The molecular formula is C10H23ClN2O2. The summed E-state index contributed by atoms with van der Waals surface area (Å²) < 4.78 is 5.16. The molecule has 0 aliphatic carbocycles. The van der Waals surface area contributed by atoms with E-state index in [1.807, 2.05) is 6.92 Å². The molecule has 4 nitrogen and oxygen atoms in total. The standard InChI is InChI=1S/C10H22N2O2.ClH/c1-3-5-8-14-9-10(13)12-7-6-11-4-2;/h11H,3-9H2,1-2H3,(H,12,13);1H. The van der Waals surface area contributed by atoms with Gasteiger partial charge in [0.2, 0.25) is 5.91 Å². The highest BCUT2D eigenvalue weighted by molar-refractivity contribution is 5.85. The average Bonchev–Trinajstić information content (AvgIpc) is 2.19. The minimum absolute atomic E-state index is 0. The number of carbonyl (C=O) groups is 1. The van der Waals surface area contributed by atoms with Gasteiger partial charge >= 0.3 is 0 Å². The summed E-state index contributed by atoms with van der Waals surface area (Å²) in [4.78, 5) is 11.1. The van der Waals surface area contributed by atoms with Crippen LogP contribution >= 0.6 is 12.4 Å². The SMILES string of the molecule is CCCCOCC(=O)NCCNCC.Cl. The number of hydrogen-bond acceptors (Lipinski definition) is 3. The van der Waals surface area contributed by atoms with Crippen LogP contribution in [-0.2, 0) is 9.53 Å².